The molecule has 0 fully saturated rings. The Morgan fingerprint density at radius 3 is 2.55 bits per heavy atom. The largest absolute Gasteiger partial charge is 0.497 e. The van der Waals surface area contributed by atoms with Crippen LogP contribution >= 0.6 is 0 Å². The number of hydrogen-bond acceptors (Lipinski definition) is 4. The van der Waals surface area contributed by atoms with Gasteiger partial charge in [0.2, 0.25) is 11.8 Å². The molecule has 0 saturated carbocycles. The number of anilines is 2. The number of fused-ring (bicyclic) bond motifs is 1. The highest BCUT2D eigenvalue weighted by atomic mass is 19.2. The summed E-state index contributed by atoms with van der Waals surface area (Å²) in [6, 6.07) is 7.58. The third-order valence-electron chi connectivity index (χ3n) is 5.04. The number of rotatable bonds is 4. The van der Waals surface area contributed by atoms with Crippen molar-refractivity contribution in [1.29, 1.82) is 0 Å². The molecule has 0 aliphatic carbocycles. The van der Waals surface area contributed by atoms with Gasteiger partial charge in [-0.1, -0.05) is 0 Å². The van der Waals surface area contributed by atoms with Crippen molar-refractivity contribution < 1.29 is 27.5 Å². The van der Waals surface area contributed by atoms with E-state index in [9.17, 15) is 22.8 Å². The second kappa shape index (κ2) is 7.78. The van der Waals surface area contributed by atoms with Crippen molar-refractivity contribution in [1.82, 2.24) is 9.78 Å². The van der Waals surface area contributed by atoms with E-state index in [4.69, 9.17) is 4.74 Å². The first kappa shape index (κ1) is 20.5. The number of aromatic nitrogens is 2. The van der Waals surface area contributed by atoms with Gasteiger partial charge in [0.05, 0.1) is 24.9 Å². The van der Waals surface area contributed by atoms with E-state index in [2.05, 4.69) is 15.7 Å². The maximum absolute atomic E-state index is 14.0. The summed E-state index contributed by atoms with van der Waals surface area (Å²) in [7, 11) is 1.55. The molecular weight excluding hydrogens is 413 g/mol. The van der Waals surface area contributed by atoms with E-state index in [0.717, 1.165) is 11.6 Å². The van der Waals surface area contributed by atoms with Crippen LogP contribution in [0, 0.1) is 24.4 Å². The number of amides is 2. The molecule has 0 bridgehead atoms. The van der Waals surface area contributed by atoms with Crippen molar-refractivity contribution in [3.63, 3.8) is 0 Å². The first-order chi connectivity index (χ1) is 14.8. The Labute approximate surface area is 174 Å². The summed E-state index contributed by atoms with van der Waals surface area (Å²) in [4.78, 5) is 25.0. The molecule has 160 valence electrons. The van der Waals surface area contributed by atoms with Crippen LogP contribution in [-0.2, 0) is 9.59 Å². The molecule has 2 amide bonds. The minimum atomic E-state index is -1.70. The van der Waals surface area contributed by atoms with Crippen LogP contribution in [0.25, 0.3) is 11.3 Å². The van der Waals surface area contributed by atoms with Gasteiger partial charge in [0, 0.05) is 11.1 Å². The molecule has 31 heavy (non-hydrogen) atoms. The monoisotopic (exact) mass is 430 g/mol. The highest BCUT2D eigenvalue weighted by Crippen LogP contribution is 2.35. The van der Waals surface area contributed by atoms with Gasteiger partial charge in [0.25, 0.3) is 0 Å². The summed E-state index contributed by atoms with van der Waals surface area (Å²) in [5.74, 6) is -4.83. The standard InChI is InChI=1S/C21H17F3N4O3/c1-10-19(11-3-5-12(31-2)6-4-11)27-28-15(9-16(29)26-20(10)28)21(30)25-14-8-7-13(22)17(23)18(14)24/h3-8,15H,9H2,1-2H3,(H,25,30)(H,26,29)/t15-/m1/s1. The zero-order valence-electron chi connectivity index (χ0n) is 16.5. The van der Waals surface area contributed by atoms with E-state index in [0.29, 0.717) is 28.9 Å². The van der Waals surface area contributed by atoms with E-state index >= 15 is 0 Å². The fourth-order valence-corrected chi connectivity index (χ4v) is 3.40. The maximum Gasteiger partial charge on any atom is 0.249 e. The molecule has 7 nitrogen and oxygen atoms in total. The molecule has 0 saturated heterocycles. The van der Waals surface area contributed by atoms with Gasteiger partial charge >= 0.3 is 0 Å². The molecule has 4 rings (SSSR count). The first-order valence-electron chi connectivity index (χ1n) is 9.28. The van der Waals surface area contributed by atoms with Gasteiger partial charge < -0.3 is 15.4 Å². The van der Waals surface area contributed by atoms with Gasteiger partial charge in [-0.25, -0.2) is 17.9 Å². The van der Waals surface area contributed by atoms with Gasteiger partial charge in [0.1, 0.15) is 17.6 Å². The summed E-state index contributed by atoms with van der Waals surface area (Å²) < 4.78 is 47.1. The minimum Gasteiger partial charge on any atom is -0.497 e. The number of carbonyl (C=O) groups excluding carboxylic acids is 2. The third kappa shape index (κ3) is 3.60. The molecule has 1 atom stereocenters. The van der Waals surface area contributed by atoms with Crippen LogP contribution in [0.15, 0.2) is 36.4 Å². The predicted molar refractivity (Wildman–Crippen MR) is 106 cm³/mol. The topological polar surface area (TPSA) is 85.2 Å². The molecule has 0 radical (unpaired) electrons. The smallest absolute Gasteiger partial charge is 0.249 e. The van der Waals surface area contributed by atoms with Crippen LogP contribution < -0.4 is 15.4 Å². The van der Waals surface area contributed by atoms with Crippen LogP contribution in [0.2, 0.25) is 0 Å². The molecule has 2 aromatic carbocycles. The fourth-order valence-electron chi connectivity index (χ4n) is 3.40. The number of carbonyl (C=O) groups is 2. The van der Waals surface area contributed by atoms with Crippen LogP contribution in [0.1, 0.15) is 18.0 Å². The molecule has 0 unspecified atom stereocenters. The zero-order valence-corrected chi connectivity index (χ0v) is 16.5. The second-order valence-electron chi connectivity index (χ2n) is 6.98. The summed E-state index contributed by atoms with van der Waals surface area (Å²) in [5.41, 5.74) is 1.38. The molecule has 1 aromatic heterocycles. The van der Waals surface area contributed by atoms with Crippen molar-refractivity contribution in [2.24, 2.45) is 0 Å². The van der Waals surface area contributed by atoms with Gasteiger partial charge in [-0.15, -0.1) is 0 Å². The SMILES string of the molecule is COc1ccc(-c2nn3c(c2C)NC(=O)C[C@@H]3C(=O)Nc2ccc(F)c(F)c2F)cc1. The molecule has 2 N–H and O–H groups in total. The lowest BCUT2D eigenvalue weighted by Gasteiger charge is -2.24. The molecule has 3 aromatic rings. The van der Waals surface area contributed by atoms with Crippen molar-refractivity contribution in [3.05, 3.63) is 59.4 Å². The van der Waals surface area contributed by atoms with E-state index in [-0.39, 0.29) is 6.42 Å². The van der Waals surface area contributed by atoms with Gasteiger partial charge in [-0.2, -0.15) is 5.10 Å². The van der Waals surface area contributed by atoms with Crippen molar-refractivity contribution in [3.8, 4) is 17.0 Å². The highest BCUT2D eigenvalue weighted by molar-refractivity contribution is 6.02. The Balaban J connectivity index is 1.69. The Hall–Kier alpha value is -3.82. The zero-order chi connectivity index (χ0) is 22.3. The average molecular weight is 430 g/mol. The third-order valence-corrected chi connectivity index (χ3v) is 5.04. The van der Waals surface area contributed by atoms with Gasteiger partial charge in [0.15, 0.2) is 17.5 Å². The number of nitrogens with zero attached hydrogens (tertiary/aromatic N) is 2. The van der Waals surface area contributed by atoms with Crippen molar-refractivity contribution in [2.45, 2.75) is 19.4 Å². The van der Waals surface area contributed by atoms with E-state index in [1.165, 1.54) is 4.68 Å². The number of halogens is 3. The number of nitrogens with one attached hydrogen (secondary N) is 2. The summed E-state index contributed by atoms with van der Waals surface area (Å²) in [6.07, 6.45) is -0.257. The minimum absolute atomic E-state index is 0.257. The molecule has 2 heterocycles. The Morgan fingerprint density at radius 1 is 1.16 bits per heavy atom. The number of benzene rings is 2. The van der Waals surface area contributed by atoms with Crippen LogP contribution in [0.3, 0.4) is 0 Å². The fraction of sp³-hybridized carbons (Fsp3) is 0.190. The Morgan fingerprint density at radius 2 is 1.87 bits per heavy atom. The maximum atomic E-state index is 14.0. The second-order valence-corrected chi connectivity index (χ2v) is 6.98. The van der Waals surface area contributed by atoms with Gasteiger partial charge in [-0.05, 0) is 43.3 Å². The van der Waals surface area contributed by atoms with E-state index in [1.54, 1.807) is 38.3 Å². The lowest BCUT2D eigenvalue weighted by atomic mass is 10.1. The molecule has 10 heteroatoms. The summed E-state index contributed by atoms with van der Waals surface area (Å²) in [5, 5.41) is 9.39. The number of methoxy groups -OCH3 is 1. The number of hydrogen-bond donors (Lipinski definition) is 2. The quantitative estimate of drug-likeness (QED) is 0.617. The van der Waals surface area contributed by atoms with Crippen molar-refractivity contribution >= 4 is 23.3 Å². The Bertz CT molecular complexity index is 1190. The van der Waals surface area contributed by atoms with Crippen molar-refractivity contribution in [2.75, 3.05) is 17.7 Å². The number of ether oxygens (including phenoxy) is 1. The first-order valence-corrected chi connectivity index (χ1v) is 9.28. The van der Waals surface area contributed by atoms with E-state index in [1.807, 2.05) is 0 Å². The predicted octanol–water partition coefficient (Wildman–Crippen LogP) is 3.81. The lowest BCUT2D eigenvalue weighted by Crippen LogP contribution is -2.36. The summed E-state index contributed by atoms with van der Waals surface area (Å²) in [6.45, 7) is 1.74. The molecule has 0 spiro atoms. The summed E-state index contributed by atoms with van der Waals surface area (Å²) >= 11 is 0. The van der Waals surface area contributed by atoms with Crippen LogP contribution in [0.5, 0.6) is 5.75 Å². The normalized spacial score (nSPS) is 15.3. The lowest BCUT2D eigenvalue weighted by molar-refractivity contribution is -0.125. The van der Waals surface area contributed by atoms with E-state index < -0.39 is 41.0 Å². The Kier molecular flexibility index (Phi) is 5.14. The van der Waals surface area contributed by atoms with Crippen LogP contribution in [-0.4, -0.2) is 28.7 Å². The van der Waals surface area contributed by atoms with Gasteiger partial charge in [-0.3, -0.25) is 9.59 Å². The van der Waals surface area contributed by atoms with Crippen LogP contribution in [0.4, 0.5) is 24.7 Å². The average Bonchev–Trinajstić information content (AvgIpc) is 3.10. The molecular formula is C21H17F3N4O3. The molecule has 1 aliphatic heterocycles. The molecule has 1 aliphatic rings. The highest BCUT2D eigenvalue weighted by Gasteiger charge is 2.34.